The van der Waals surface area contributed by atoms with E-state index in [-0.39, 0.29) is 12.4 Å². The Labute approximate surface area is 85.4 Å². The second kappa shape index (κ2) is 6.97. The molecule has 1 fully saturated rings. The highest BCUT2D eigenvalue weighted by molar-refractivity contribution is 5.85. The van der Waals surface area contributed by atoms with Gasteiger partial charge in [-0.25, -0.2) is 0 Å². The van der Waals surface area contributed by atoms with E-state index in [1.54, 1.807) is 0 Å². The van der Waals surface area contributed by atoms with E-state index in [9.17, 15) is 0 Å². The summed E-state index contributed by atoms with van der Waals surface area (Å²) in [5.74, 6) is 0.650. The Bertz CT molecular complexity index is 151. The molecule has 0 aromatic carbocycles. The van der Waals surface area contributed by atoms with Crippen LogP contribution < -0.4 is 5.48 Å². The van der Waals surface area contributed by atoms with Crippen LogP contribution in [0.4, 0.5) is 0 Å². The van der Waals surface area contributed by atoms with Gasteiger partial charge in [0.2, 0.25) is 0 Å². The summed E-state index contributed by atoms with van der Waals surface area (Å²) in [4.78, 5) is 0. The van der Waals surface area contributed by atoms with Gasteiger partial charge in [0.1, 0.15) is 5.84 Å². The van der Waals surface area contributed by atoms with E-state index >= 15 is 0 Å². The minimum absolute atomic E-state index is 0. The molecule has 0 aromatic rings. The van der Waals surface area contributed by atoms with Gasteiger partial charge in [0.15, 0.2) is 0 Å². The van der Waals surface area contributed by atoms with Gasteiger partial charge in [-0.15, -0.1) is 12.4 Å². The van der Waals surface area contributed by atoms with E-state index in [1.165, 1.54) is 19.3 Å². The zero-order chi connectivity index (χ0) is 8.81. The number of piperidine rings is 1. The van der Waals surface area contributed by atoms with E-state index < -0.39 is 0 Å². The number of rotatable bonds is 2. The number of hydrogen-bond acceptors (Lipinski definition) is 3. The van der Waals surface area contributed by atoms with Crippen LogP contribution in [0.25, 0.3) is 0 Å². The predicted octanol–water partition coefficient (Wildman–Crippen LogP) is 1.60. The van der Waals surface area contributed by atoms with Crippen LogP contribution in [0.3, 0.4) is 0 Å². The predicted molar refractivity (Wildman–Crippen MR) is 55.3 cm³/mol. The van der Waals surface area contributed by atoms with Crippen molar-refractivity contribution in [2.24, 2.45) is 5.10 Å². The standard InChI is InChI=1S/C8H17N3O.ClH/c1-2-8(10-12)9-11-6-4-3-5-7-11;/h12H,2-7H2,1H3,(H,9,10);1H. The molecule has 0 spiro atoms. The first kappa shape index (κ1) is 12.5. The van der Waals surface area contributed by atoms with Gasteiger partial charge in [0, 0.05) is 19.5 Å². The molecule has 1 heterocycles. The second-order valence-electron chi connectivity index (χ2n) is 3.03. The Morgan fingerprint density at radius 3 is 2.46 bits per heavy atom. The highest BCUT2D eigenvalue weighted by atomic mass is 35.5. The number of nitrogens with one attached hydrogen (secondary N) is 1. The van der Waals surface area contributed by atoms with Crippen LogP contribution in [-0.4, -0.2) is 29.1 Å². The highest BCUT2D eigenvalue weighted by Crippen LogP contribution is 2.08. The lowest BCUT2D eigenvalue weighted by molar-refractivity contribution is 0.209. The van der Waals surface area contributed by atoms with Gasteiger partial charge in [-0.1, -0.05) is 6.92 Å². The Kier molecular flexibility index (Phi) is 6.72. The molecule has 0 saturated carbocycles. The molecule has 5 heteroatoms. The van der Waals surface area contributed by atoms with E-state index in [2.05, 4.69) is 10.6 Å². The van der Waals surface area contributed by atoms with Crippen molar-refractivity contribution in [1.82, 2.24) is 10.5 Å². The lowest BCUT2D eigenvalue weighted by Crippen LogP contribution is -2.29. The zero-order valence-corrected chi connectivity index (χ0v) is 8.81. The quantitative estimate of drug-likeness (QED) is 0.411. The van der Waals surface area contributed by atoms with Crippen molar-refractivity contribution in [3.63, 3.8) is 0 Å². The minimum atomic E-state index is 0. The highest BCUT2D eigenvalue weighted by Gasteiger charge is 2.07. The Hall–Kier alpha value is -0.480. The molecule has 13 heavy (non-hydrogen) atoms. The fourth-order valence-electron chi connectivity index (χ4n) is 1.32. The van der Waals surface area contributed by atoms with E-state index in [0.29, 0.717) is 5.84 Å². The SMILES string of the molecule is CC/C(=N/N1CCCCC1)NO.Cl. The maximum Gasteiger partial charge on any atom is 0.145 e. The Balaban J connectivity index is 0.00000144. The first-order valence-electron chi connectivity index (χ1n) is 4.59. The average molecular weight is 208 g/mol. The summed E-state index contributed by atoms with van der Waals surface area (Å²) < 4.78 is 0. The lowest BCUT2D eigenvalue weighted by Gasteiger charge is -2.24. The molecule has 4 nitrogen and oxygen atoms in total. The first-order valence-corrected chi connectivity index (χ1v) is 4.59. The molecular weight excluding hydrogens is 190 g/mol. The van der Waals surface area contributed by atoms with Gasteiger partial charge in [-0.05, 0) is 19.3 Å². The summed E-state index contributed by atoms with van der Waals surface area (Å²) >= 11 is 0. The fraction of sp³-hybridized carbons (Fsp3) is 0.875. The first-order chi connectivity index (χ1) is 5.86. The number of halogens is 1. The van der Waals surface area contributed by atoms with Gasteiger partial charge in [0.25, 0.3) is 0 Å². The molecule has 1 aliphatic rings. The minimum Gasteiger partial charge on any atom is -0.295 e. The summed E-state index contributed by atoms with van der Waals surface area (Å²) in [5.41, 5.74) is 2.11. The third-order valence-corrected chi connectivity index (χ3v) is 2.06. The van der Waals surface area contributed by atoms with Gasteiger partial charge >= 0.3 is 0 Å². The van der Waals surface area contributed by atoms with Crippen LogP contribution in [0.1, 0.15) is 32.6 Å². The van der Waals surface area contributed by atoms with Crippen molar-refractivity contribution >= 4 is 18.2 Å². The molecule has 1 rings (SSSR count). The largest absolute Gasteiger partial charge is 0.295 e. The molecule has 0 unspecified atom stereocenters. The zero-order valence-electron chi connectivity index (χ0n) is 7.99. The summed E-state index contributed by atoms with van der Waals surface area (Å²) in [7, 11) is 0. The average Bonchev–Trinajstić information content (AvgIpc) is 2.16. The van der Waals surface area contributed by atoms with Crippen molar-refractivity contribution < 1.29 is 5.21 Å². The molecule has 1 aliphatic heterocycles. The maximum atomic E-state index is 8.65. The number of hydroxylamine groups is 1. The lowest BCUT2D eigenvalue weighted by atomic mass is 10.2. The number of amidine groups is 1. The molecule has 0 aromatic heterocycles. The normalized spacial score (nSPS) is 18.0. The monoisotopic (exact) mass is 207 g/mol. The van der Waals surface area contributed by atoms with Crippen molar-refractivity contribution in [3.8, 4) is 0 Å². The van der Waals surface area contributed by atoms with Crippen molar-refractivity contribution in [3.05, 3.63) is 0 Å². The van der Waals surface area contributed by atoms with Crippen LogP contribution in [0.2, 0.25) is 0 Å². The molecule has 78 valence electrons. The molecule has 0 aliphatic carbocycles. The van der Waals surface area contributed by atoms with Gasteiger partial charge < -0.3 is 0 Å². The summed E-state index contributed by atoms with van der Waals surface area (Å²) in [6.07, 6.45) is 4.48. The topological polar surface area (TPSA) is 47.9 Å². The van der Waals surface area contributed by atoms with E-state index in [0.717, 1.165) is 19.5 Å². The molecule has 0 amide bonds. The van der Waals surface area contributed by atoms with E-state index in [4.69, 9.17) is 5.21 Å². The summed E-state index contributed by atoms with van der Waals surface area (Å²) in [6, 6.07) is 0. The van der Waals surface area contributed by atoms with Crippen LogP contribution >= 0.6 is 12.4 Å². The molecule has 0 bridgehead atoms. The third-order valence-electron chi connectivity index (χ3n) is 2.06. The number of nitrogens with zero attached hydrogens (tertiary/aromatic N) is 2. The van der Waals surface area contributed by atoms with Crippen LogP contribution in [0.5, 0.6) is 0 Å². The van der Waals surface area contributed by atoms with Crippen LogP contribution in [0.15, 0.2) is 5.10 Å². The molecule has 0 radical (unpaired) electrons. The van der Waals surface area contributed by atoms with Crippen molar-refractivity contribution in [1.29, 1.82) is 0 Å². The Morgan fingerprint density at radius 1 is 1.38 bits per heavy atom. The van der Waals surface area contributed by atoms with Crippen molar-refractivity contribution in [2.45, 2.75) is 32.6 Å². The molecule has 2 N–H and O–H groups in total. The third kappa shape index (κ3) is 4.33. The number of hydrazone groups is 1. The summed E-state index contributed by atoms with van der Waals surface area (Å²) in [5, 5.41) is 14.9. The van der Waals surface area contributed by atoms with E-state index in [1.807, 2.05) is 11.9 Å². The van der Waals surface area contributed by atoms with Crippen LogP contribution in [-0.2, 0) is 0 Å². The Morgan fingerprint density at radius 2 is 2.00 bits per heavy atom. The van der Waals surface area contributed by atoms with Gasteiger partial charge in [-0.3, -0.25) is 15.7 Å². The van der Waals surface area contributed by atoms with Crippen LogP contribution in [0, 0.1) is 0 Å². The number of hydrogen-bond donors (Lipinski definition) is 2. The fourth-order valence-corrected chi connectivity index (χ4v) is 1.32. The smallest absolute Gasteiger partial charge is 0.145 e. The molecular formula is C8H18ClN3O. The molecule has 0 atom stereocenters. The second-order valence-corrected chi connectivity index (χ2v) is 3.03. The maximum absolute atomic E-state index is 8.65. The molecule has 1 saturated heterocycles. The summed E-state index contributed by atoms with van der Waals surface area (Å²) in [6.45, 7) is 4.00. The van der Waals surface area contributed by atoms with Gasteiger partial charge in [-0.2, -0.15) is 5.10 Å². The van der Waals surface area contributed by atoms with Gasteiger partial charge in [0.05, 0.1) is 0 Å². The van der Waals surface area contributed by atoms with Crippen molar-refractivity contribution in [2.75, 3.05) is 13.1 Å².